The van der Waals surface area contributed by atoms with Crippen molar-refractivity contribution in [3.63, 3.8) is 0 Å². The topological polar surface area (TPSA) is 51.6 Å². The smallest absolute Gasteiger partial charge is 0.213 e. The number of rotatable bonds is 3. The zero-order chi connectivity index (χ0) is 9.80. The second-order valence-corrected chi connectivity index (χ2v) is 3.23. The molecule has 1 aliphatic heterocycles. The summed E-state index contributed by atoms with van der Waals surface area (Å²) in [5.74, 6) is 0.562. The van der Waals surface area contributed by atoms with Crippen LogP contribution in [0.25, 0.3) is 0 Å². The largest absolute Gasteiger partial charge is 0.472 e. The fourth-order valence-corrected chi connectivity index (χ4v) is 1.39. The van der Waals surface area contributed by atoms with Gasteiger partial charge in [-0.15, -0.1) is 0 Å². The van der Waals surface area contributed by atoms with E-state index in [1.54, 1.807) is 12.1 Å². The van der Waals surface area contributed by atoms with Crippen LogP contribution < -0.4 is 4.74 Å². The molecule has 14 heavy (non-hydrogen) atoms. The molecular weight excluding hydrogens is 182 g/mol. The lowest BCUT2D eigenvalue weighted by Gasteiger charge is -2.10. The summed E-state index contributed by atoms with van der Waals surface area (Å²) >= 11 is 0. The molecule has 1 N–H and O–H groups in total. The lowest BCUT2D eigenvalue weighted by Crippen LogP contribution is -2.16. The van der Waals surface area contributed by atoms with Gasteiger partial charge in [-0.1, -0.05) is 6.07 Å². The van der Waals surface area contributed by atoms with Gasteiger partial charge in [0.2, 0.25) is 5.88 Å². The van der Waals surface area contributed by atoms with Crippen molar-refractivity contribution in [2.45, 2.75) is 19.1 Å². The standard InChI is InChI=1S/C10H13NO3/c12-6-8-2-1-3-10(11-8)14-9-4-5-13-7-9/h1-3,9,12H,4-7H2. The third-order valence-electron chi connectivity index (χ3n) is 2.12. The van der Waals surface area contributed by atoms with E-state index in [0.29, 0.717) is 18.2 Å². The van der Waals surface area contributed by atoms with E-state index >= 15 is 0 Å². The van der Waals surface area contributed by atoms with Crippen molar-refractivity contribution in [1.29, 1.82) is 0 Å². The van der Waals surface area contributed by atoms with Crippen LogP contribution in [0.15, 0.2) is 18.2 Å². The number of ether oxygens (including phenoxy) is 2. The molecular formula is C10H13NO3. The Balaban J connectivity index is 2.00. The molecule has 0 aromatic carbocycles. The second-order valence-electron chi connectivity index (χ2n) is 3.23. The normalized spacial score (nSPS) is 21.1. The Hall–Kier alpha value is -1.13. The van der Waals surface area contributed by atoms with Crippen LogP contribution in [0.1, 0.15) is 12.1 Å². The molecule has 1 aromatic rings. The van der Waals surface area contributed by atoms with Gasteiger partial charge in [0.15, 0.2) is 0 Å². The van der Waals surface area contributed by atoms with E-state index in [0.717, 1.165) is 13.0 Å². The van der Waals surface area contributed by atoms with Gasteiger partial charge in [-0.3, -0.25) is 0 Å². The van der Waals surface area contributed by atoms with Crippen LogP contribution in [0.4, 0.5) is 0 Å². The van der Waals surface area contributed by atoms with Gasteiger partial charge in [0.05, 0.1) is 25.5 Å². The first-order valence-corrected chi connectivity index (χ1v) is 4.69. The molecule has 1 aliphatic rings. The van der Waals surface area contributed by atoms with Gasteiger partial charge in [-0.05, 0) is 6.07 Å². The first-order chi connectivity index (χ1) is 6.88. The third-order valence-corrected chi connectivity index (χ3v) is 2.12. The van der Waals surface area contributed by atoms with Crippen molar-refractivity contribution in [2.24, 2.45) is 0 Å². The Morgan fingerprint density at radius 2 is 2.50 bits per heavy atom. The van der Waals surface area contributed by atoms with Gasteiger partial charge < -0.3 is 14.6 Å². The van der Waals surface area contributed by atoms with Crippen molar-refractivity contribution in [2.75, 3.05) is 13.2 Å². The summed E-state index contributed by atoms with van der Waals surface area (Å²) in [5, 5.41) is 8.88. The number of pyridine rings is 1. The molecule has 0 spiro atoms. The summed E-state index contributed by atoms with van der Waals surface area (Å²) in [4.78, 5) is 4.13. The average molecular weight is 195 g/mol. The minimum absolute atomic E-state index is 0.0572. The Labute approximate surface area is 82.5 Å². The Kier molecular flexibility index (Phi) is 2.96. The molecule has 1 fully saturated rings. The van der Waals surface area contributed by atoms with Gasteiger partial charge in [-0.25, -0.2) is 4.98 Å². The highest BCUT2D eigenvalue weighted by Gasteiger charge is 2.17. The number of aliphatic hydroxyl groups is 1. The van der Waals surface area contributed by atoms with E-state index in [9.17, 15) is 0 Å². The van der Waals surface area contributed by atoms with Crippen molar-refractivity contribution in [3.05, 3.63) is 23.9 Å². The average Bonchev–Trinajstić information content (AvgIpc) is 2.71. The monoisotopic (exact) mass is 195 g/mol. The predicted octanol–water partition coefficient (Wildman–Crippen LogP) is 0.742. The van der Waals surface area contributed by atoms with Gasteiger partial charge >= 0.3 is 0 Å². The molecule has 1 saturated heterocycles. The quantitative estimate of drug-likeness (QED) is 0.773. The lowest BCUT2D eigenvalue weighted by molar-refractivity contribution is 0.137. The number of aliphatic hydroxyl groups excluding tert-OH is 1. The first kappa shape index (κ1) is 9.43. The minimum Gasteiger partial charge on any atom is -0.472 e. The number of nitrogens with zero attached hydrogens (tertiary/aromatic N) is 1. The lowest BCUT2D eigenvalue weighted by atomic mass is 10.3. The summed E-state index contributed by atoms with van der Waals surface area (Å²) in [7, 11) is 0. The summed E-state index contributed by atoms with van der Waals surface area (Å²) in [6, 6.07) is 5.37. The minimum atomic E-state index is -0.0572. The van der Waals surface area contributed by atoms with Gasteiger partial charge in [0.25, 0.3) is 0 Å². The Morgan fingerprint density at radius 1 is 1.57 bits per heavy atom. The summed E-state index contributed by atoms with van der Waals surface area (Å²) in [5.41, 5.74) is 0.626. The van der Waals surface area contributed by atoms with Gasteiger partial charge in [0, 0.05) is 12.5 Å². The van der Waals surface area contributed by atoms with Gasteiger partial charge in [0.1, 0.15) is 6.10 Å². The van der Waals surface area contributed by atoms with E-state index in [-0.39, 0.29) is 12.7 Å². The maximum Gasteiger partial charge on any atom is 0.213 e. The maximum atomic E-state index is 8.88. The van der Waals surface area contributed by atoms with Crippen LogP contribution >= 0.6 is 0 Å². The van der Waals surface area contributed by atoms with Crippen LogP contribution in [0, 0.1) is 0 Å². The molecule has 76 valence electrons. The number of hydrogen-bond donors (Lipinski definition) is 1. The number of aromatic nitrogens is 1. The van der Waals surface area contributed by atoms with Crippen molar-refractivity contribution >= 4 is 0 Å². The maximum absolute atomic E-state index is 8.88. The van der Waals surface area contributed by atoms with E-state index < -0.39 is 0 Å². The van der Waals surface area contributed by atoms with Crippen molar-refractivity contribution in [3.8, 4) is 5.88 Å². The molecule has 1 atom stereocenters. The predicted molar refractivity (Wildman–Crippen MR) is 50.0 cm³/mol. The van der Waals surface area contributed by atoms with Crippen LogP contribution in [0.2, 0.25) is 0 Å². The first-order valence-electron chi connectivity index (χ1n) is 4.69. The SMILES string of the molecule is OCc1cccc(OC2CCOC2)n1. The molecule has 0 amide bonds. The highest BCUT2D eigenvalue weighted by molar-refractivity contribution is 5.15. The molecule has 1 unspecified atom stereocenters. The van der Waals surface area contributed by atoms with E-state index in [4.69, 9.17) is 14.6 Å². The van der Waals surface area contributed by atoms with Crippen LogP contribution in [0.5, 0.6) is 5.88 Å². The summed E-state index contributed by atoms with van der Waals surface area (Å²) < 4.78 is 10.8. The van der Waals surface area contributed by atoms with E-state index in [2.05, 4.69) is 4.98 Å². The fraction of sp³-hybridized carbons (Fsp3) is 0.500. The van der Waals surface area contributed by atoms with Crippen LogP contribution in [-0.4, -0.2) is 29.4 Å². The van der Waals surface area contributed by atoms with Crippen molar-refractivity contribution in [1.82, 2.24) is 4.98 Å². The molecule has 4 heteroatoms. The molecule has 0 radical (unpaired) electrons. The van der Waals surface area contributed by atoms with Gasteiger partial charge in [-0.2, -0.15) is 0 Å². The molecule has 0 aliphatic carbocycles. The molecule has 2 heterocycles. The molecule has 0 saturated carbocycles. The molecule has 0 bridgehead atoms. The molecule has 4 nitrogen and oxygen atoms in total. The Bertz CT molecular complexity index is 297. The second kappa shape index (κ2) is 4.39. The van der Waals surface area contributed by atoms with E-state index in [1.165, 1.54) is 0 Å². The number of hydrogen-bond acceptors (Lipinski definition) is 4. The Morgan fingerprint density at radius 3 is 3.21 bits per heavy atom. The highest BCUT2D eigenvalue weighted by atomic mass is 16.5. The zero-order valence-electron chi connectivity index (χ0n) is 7.85. The third kappa shape index (κ3) is 2.21. The fourth-order valence-electron chi connectivity index (χ4n) is 1.39. The van der Waals surface area contributed by atoms with Crippen LogP contribution in [-0.2, 0) is 11.3 Å². The molecule has 2 rings (SSSR count). The van der Waals surface area contributed by atoms with Crippen molar-refractivity contribution < 1.29 is 14.6 Å². The highest BCUT2D eigenvalue weighted by Crippen LogP contribution is 2.14. The van der Waals surface area contributed by atoms with Crippen LogP contribution in [0.3, 0.4) is 0 Å². The zero-order valence-corrected chi connectivity index (χ0v) is 7.85. The van der Waals surface area contributed by atoms with E-state index in [1.807, 2.05) is 6.07 Å². The summed E-state index contributed by atoms with van der Waals surface area (Å²) in [6.45, 7) is 1.33. The summed E-state index contributed by atoms with van der Waals surface area (Å²) in [6.07, 6.45) is 1.02. The molecule has 1 aromatic heterocycles.